The number of aromatic hydroxyl groups is 1. The first-order valence-corrected chi connectivity index (χ1v) is 7.89. The number of halogens is 3. The lowest BCUT2D eigenvalue weighted by atomic mass is 10.2. The maximum atomic E-state index is 12.5. The van der Waals surface area contributed by atoms with Gasteiger partial charge in [0, 0.05) is 6.07 Å². The van der Waals surface area contributed by atoms with Gasteiger partial charge in [-0.2, -0.15) is 0 Å². The highest BCUT2D eigenvalue weighted by Gasteiger charge is 2.34. The van der Waals surface area contributed by atoms with Crippen LogP contribution >= 0.6 is 22.7 Å². The van der Waals surface area contributed by atoms with Crippen LogP contribution in [0, 0.1) is 0 Å². The second kappa shape index (κ2) is 5.91. The minimum absolute atomic E-state index is 0.0104. The van der Waals surface area contributed by atoms with E-state index in [1.165, 1.54) is 18.4 Å². The first-order valence-electron chi connectivity index (χ1n) is 6.20. The van der Waals surface area contributed by atoms with Gasteiger partial charge in [0.1, 0.15) is 15.2 Å². The Morgan fingerprint density at radius 1 is 1.33 bits per heavy atom. The molecule has 0 aliphatic carbocycles. The maximum absolute atomic E-state index is 12.5. The lowest BCUT2D eigenvalue weighted by Gasteiger charge is -2.12. The number of hydrogen-bond donors (Lipinski definition) is 1. The van der Waals surface area contributed by atoms with E-state index in [0.717, 1.165) is 23.6 Å². The Hall–Kier alpha value is -2.40. The Morgan fingerprint density at radius 3 is 2.71 bits per heavy atom. The van der Waals surface area contributed by atoms with Crippen LogP contribution in [-0.4, -0.2) is 28.5 Å². The summed E-state index contributed by atoms with van der Waals surface area (Å²) >= 11 is 2.16. The summed E-state index contributed by atoms with van der Waals surface area (Å²) in [6, 6.07) is 1.12. The van der Waals surface area contributed by atoms with Gasteiger partial charge in [-0.1, -0.05) is 0 Å². The van der Waals surface area contributed by atoms with Crippen LogP contribution < -0.4 is 14.9 Å². The fourth-order valence-corrected chi connectivity index (χ4v) is 3.73. The number of aromatic nitrogens is 2. The van der Waals surface area contributed by atoms with Gasteiger partial charge in [0.2, 0.25) is 5.88 Å². The third-order valence-corrected chi connectivity index (χ3v) is 4.83. The summed E-state index contributed by atoms with van der Waals surface area (Å²) in [6.45, 7) is 0. The molecule has 0 saturated carbocycles. The molecule has 0 aromatic carbocycles. The lowest BCUT2D eigenvalue weighted by molar-refractivity contribution is -0.274. The number of nitrogens with zero attached hydrogens (tertiary/aromatic N) is 2. The molecule has 3 aromatic rings. The van der Waals surface area contributed by atoms with Gasteiger partial charge in [-0.25, -0.2) is 9.97 Å². The molecule has 6 nitrogen and oxygen atoms in total. The molecule has 0 fully saturated rings. The van der Waals surface area contributed by atoms with Gasteiger partial charge in [0.05, 0.1) is 23.6 Å². The van der Waals surface area contributed by atoms with Gasteiger partial charge in [-0.3, -0.25) is 4.79 Å². The van der Waals surface area contributed by atoms with Crippen molar-refractivity contribution in [3.05, 3.63) is 27.9 Å². The topological polar surface area (TPSA) is 81.5 Å². The van der Waals surface area contributed by atoms with Crippen LogP contribution in [-0.2, 0) is 0 Å². The summed E-state index contributed by atoms with van der Waals surface area (Å²) in [6.07, 6.45) is -4.25. The minimum Gasteiger partial charge on any atom is -0.503 e. The van der Waals surface area contributed by atoms with E-state index in [9.17, 15) is 23.1 Å². The standard InChI is InChI=1S/C13H7F3N2O4S2/c1-21-8-4-23-11(18-8)7-2-5(19)9-10(22-13(14,15)16)6(20)3-17-12(9)24-7/h2-4,20H,1H3. The van der Waals surface area contributed by atoms with E-state index in [2.05, 4.69) is 14.7 Å². The number of thiazole rings is 1. The molecule has 3 rings (SSSR count). The second-order valence-corrected chi connectivity index (χ2v) is 6.26. The molecule has 126 valence electrons. The van der Waals surface area contributed by atoms with Crippen LogP contribution in [0.3, 0.4) is 0 Å². The van der Waals surface area contributed by atoms with Crippen molar-refractivity contribution in [2.24, 2.45) is 0 Å². The molecule has 0 aliphatic heterocycles. The summed E-state index contributed by atoms with van der Waals surface area (Å²) in [5.74, 6) is -1.47. The molecule has 0 aliphatic rings. The predicted octanol–water partition coefficient (Wildman–Crippen LogP) is 3.39. The van der Waals surface area contributed by atoms with Crippen LogP contribution in [0.2, 0.25) is 0 Å². The quantitative estimate of drug-likeness (QED) is 0.755. The van der Waals surface area contributed by atoms with Crippen LogP contribution in [0.25, 0.3) is 20.1 Å². The van der Waals surface area contributed by atoms with E-state index in [-0.39, 0.29) is 4.83 Å². The number of ether oxygens (including phenoxy) is 2. The molecule has 0 atom stereocenters. The molecule has 0 unspecified atom stereocenters. The van der Waals surface area contributed by atoms with Crippen LogP contribution in [0.1, 0.15) is 0 Å². The molecular weight excluding hydrogens is 369 g/mol. The molecule has 3 heterocycles. The molecular formula is C13H7F3N2O4S2. The predicted molar refractivity (Wildman–Crippen MR) is 81.9 cm³/mol. The Kier molecular flexibility index (Phi) is 4.05. The smallest absolute Gasteiger partial charge is 0.503 e. The number of fused-ring (bicyclic) bond motifs is 1. The maximum Gasteiger partial charge on any atom is 0.573 e. The molecule has 3 aromatic heterocycles. The molecule has 0 amide bonds. The van der Waals surface area contributed by atoms with Crippen LogP contribution in [0.4, 0.5) is 13.2 Å². The van der Waals surface area contributed by atoms with Crippen molar-refractivity contribution < 1.29 is 27.8 Å². The van der Waals surface area contributed by atoms with Crippen molar-refractivity contribution in [3.63, 3.8) is 0 Å². The summed E-state index contributed by atoms with van der Waals surface area (Å²) in [7, 11) is 1.44. The highest BCUT2D eigenvalue weighted by Crippen LogP contribution is 2.39. The summed E-state index contributed by atoms with van der Waals surface area (Å²) in [5.41, 5.74) is -0.768. The van der Waals surface area contributed by atoms with Crippen molar-refractivity contribution in [1.29, 1.82) is 0 Å². The monoisotopic (exact) mass is 376 g/mol. The van der Waals surface area contributed by atoms with E-state index in [0.29, 0.717) is 15.8 Å². The van der Waals surface area contributed by atoms with E-state index in [4.69, 9.17) is 4.74 Å². The number of hydrogen-bond acceptors (Lipinski definition) is 8. The highest BCUT2D eigenvalue weighted by molar-refractivity contribution is 7.24. The summed E-state index contributed by atoms with van der Waals surface area (Å²) in [4.78, 5) is 20.6. The first-order chi connectivity index (χ1) is 11.3. The SMILES string of the molecule is COc1csc(-c2cc(=O)c3c(OC(F)(F)F)c(O)cnc3s2)n1. The van der Waals surface area contributed by atoms with Crippen molar-refractivity contribution in [3.8, 4) is 27.3 Å². The molecule has 0 saturated heterocycles. The second-order valence-electron chi connectivity index (χ2n) is 4.37. The summed E-state index contributed by atoms with van der Waals surface area (Å²) < 4.78 is 46.2. The lowest BCUT2D eigenvalue weighted by Crippen LogP contribution is -2.18. The third-order valence-electron chi connectivity index (χ3n) is 2.81. The zero-order chi connectivity index (χ0) is 17.5. The van der Waals surface area contributed by atoms with E-state index < -0.39 is 28.7 Å². The first kappa shape index (κ1) is 16.5. The van der Waals surface area contributed by atoms with Crippen molar-refractivity contribution >= 4 is 32.9 Å². The average molecular weight is 376 g/mol. The van der Waals surface area contributed by atoms with E-state index in [1.807, 2.05) is 0 Å². The van der Waals surface area contributed by atoms with Gasteiger partial charge in [-0.05, 0) is 0 Å². The molecule has 11 heteroatoms. The molecule has 24 heavy (non-hydrogen) atoms. The minimum atomic E-state index is -5.05. The Labute approximate surface area is 139 Å². The molecule has 0 radical (unpaired) electrons. The molecule has 1 N–H and O–H groups in total. The van der Waals surface area contributed by atoms with Crippen molar-refractivity contribution in [2.45, 2.75) is 6.36 Å². The Balaban J connectivity index is 2.20. The Bertz CT molecular complexity index is 968. The number of pyridine rings is 1. The normalized spacial score (nSPS) is 11.7. The van der Waals surface area contributed by atoms with Crippen molar-refractivity contribution in [2.75, 3.05) is 7.11 Å². The average Bonchev–Trinajstić information content (AvgIpc) is 2.97. The Morgan fingerprint density at radius 2 is 2.08 bits per heavy atom. The van der Waals surface area contributed by atoms with Gasteiger partial charge >= 0.3 is 6.36 Å². The largest absolute Gasteiger partial charge is 0.573 e. The highest BCUT2D eigenvalue weighted by atomic mass is 32.1. The molecule has 0 bridgehead atoms. The van der Waals surface area contributed by atoms with Gasteiger partial charge in [-0.15, -0.1) is 35.8 Å². The third kappa shape index (κ3) is 3.12. The van der Waals surface area contributed by atoms with Gasteiger partial charge in [0.15, 0.2) is 16.9 Å². The fourth-order valence-electron chi connectivity index (χ4n) is 1.88. The summed E-state index contributed by atoms with van der Waals surface area (Å²) in [5, 5.41) is 11.2. The van der Waals surface area contributed by atoms with Gasteiger partial charge in [0.25, 0.3) is 0 Å². The van der Waals surface area contributed by atoms with E-state index in [1.54, 1.807) is 5.38 Å². The van der Waals surface area contributed by atoms with Crippen LogP contribution in [0.15, 0.2) is 22.4 Å². The number of rotatable bonds is 3. The molecule has 0 spiro atoms. The zero-order valence-electron chi connectivity index (χ0n) is 11.7. The van der Waals surface area contributed by atoms with Gasteiger partial charge < -0.3 is 14.6 Å². The number of alkyl halides is 3. The van der Waals surface area contributed by atoms with Crippen molar-refractivity contribution in [1.82, 2.24) is 9.97 Å². The zero-order valence-corrected chi connectivity index (χ0v) is 13.4. The number of methoxy groups -OCH3 is 1. The van der Waals surface area contributed by atoms with E-state index >= 15 is 0 Å². The fraction of sp³-hybridized carbons (Fsp3) is 0.154. The van der Waals surface area contributed by atoms with Crippen LogP contribution in [0.5, 0.6) is 17.4 Å².